The number of aryl methyl sites for hydroxylation is 1. The molecular weight excluding hydrogens is 422 g/mol. The number of amides is 1. The van der Waals surface area contributed by atoms with Gasteiger partial charge in [-0.15, -0.1) is 0 Å². The van der Waals surface area contributed by atoms with Gasteiger partial charge in [0.15, 0.2) is 5.16 Å². The molecule has 0 bridgehead atoms. The van der Waals surface area contributed by atoms with Gasteiger partial charge in [-0.2, -0.15) is 0 Å². The van der Waals surface area contributed by atoms with Crippen LogP contribution in [-0.2, 0) is 14.8 Å². The molecule has 1 amide bonds. The SMILES string of the molecule is CNc1nc(SCC(=O)Nc2ccc(C)c(S(=O)(=O)N(C)C)c2)nc2ccccc12. The van der Waals surface area contributed by atoms with Gasteiger partial charge in [-0.1, -0.05) is 30.0 Å². The van der Waals surface area contributed by atoms with Gasteiger partial charge in [0, 0.05) is 32.2 Å². The Morgan fingerprint density at radius 2 is 1.87 bits per heavy atom. The maximum absolute atomic E-state index is 12.5. The zero-order valence-corrected chi connectivity index (χ0v) is 18.8. The molecule has 10 heteroatoms. The van der Waals surface area contributed by atoms with Crippen LogP contribution in [0.2, 0.25) is 0 Å². The molecule has 0 spiro atoms. The molecule has 3 rings (SSSR count). The van der Waals surface area contributed by atoms with Crippen LogP contribution in [0.3, 0.4) is 0 Å². The molecule has 2 aromatic carbocycles. The molecule has 1 heterocycles. The van der Waals surface area contributed by atoms with Gasteiger partial charge in [0.1, 0.15) is 5.82 Å². The van der Waals surface area contributed by atoms with Gasteiger partial charge < -0.3 is 10.6 Å². The number of hydrogen-bond donors (Lipinski definition) is 2. The molecule has 3 aromatic rings. The minimum atomic E-state index is -3.60. The summed E-state index contributed by atoms with van der Waals surface area (Å²) in [5.74, 6) is 0.505. The maximum Gasteiger partial charge on any atom is 0.242 e. The van der Waals surface area contributed by atoms with Crippen molar-refractivity contribution in [3.05, 3.63) is 48.0 Å². The Hall–Kier alpha value is -2.69. The summed E-state index contributed by atoms with van der Waals surface area (Å²) in [7, 11) is 1.13. The average Bonchev–Trinajstić information content (AvgIpc) is 2.72. The van der Waals surface area contributed by atoms with E-state index in [9.17, 15) is 13.2 Å². The second-order valence-electron chi connectivity index (χ2n) is 6.73. The Kier molecular flexibility index (Phi) is 6.59. The molecular formula is C20H23N5O3S2. The highest BCUT2D eigenvalue weighted by Crippen LogP contribution is 2.25. The first-order valence-electron chi connectivity index (χ1n) is 9.12. The Balaban J connectivity index is 1.73. The lowest BCUT2D eigenvalue weighted by atomic mass is 10.2. The van der Waals surface area contributed by atoms with E-state index in [2.05, 4.69) is 20.6 Å². The summed E-state index contributed by atoms with van der Waals surface area (Å²) >= 11 is 1.21. The summed E-state index contributed by atoms with van der Waals surface area (Å²) in [4.78, 5) is 21.5. The first-order valence-corrected chi connectivity index (χ1v) is 11.6. The Labute approximate surface area is 180 Å². The topological polar surface area (TPSA) is 104 Å². The van der Waals surface area contributed by atoms with Crippen molar-refractivity contribution < 1.29 is 13.2 Å². The van der Waals surface area contributed by atoms with E-state index in [0.717, 1.165) is 15.2 Å². The number of benzene rings is 2. The quantitative estimate of drug-likeness (QED) is 0.426. The molecule has 0 fully saturated rings. The van der Waals surface area contributed by atoms with Crippen LogP contribution in [0.1, 0.15) is 5.56 Å². The van der Waals surface area contributed by atoms with Crippen molar-refractivity contribution >= 4 is 50.1 Å². The van der Waals surface area contributed by atoms with Crippen molar-refractivity contribution in [1.29, 1.82) is 0 Å². The Morgan fingerprint density at radius 1 is 1.13 bits per heavy atom. The molecule has 158 valence electrons. The number of hydrogen-bond acceptors (Lipinski definition) is 7. The van der Waals surface area contributed by atoms with E-state index in [0.29, 0.717) is 22.2 Å². The van der Waals surface area contributed by atoms with Gasteiger partial charge in [-0.05, 0) is 36.8 Å². The van der Waals surface area contributed by atoms with Gasteiger partial charge in [0.25, 0.3) is 0 Å². The van der Waals surface area contributed by atoms with Crippen molar-refractivity contribution in [2.24, 2.45) is 0 Å². The van der Waals surface area contributed by atoms with Gasteiger partial charge in [-0.25, -0.2) is 22.7 Å². The largest absolute Gasteiger partial charge is 0.372 e. The number of anilines is 2. The minimum Gasteiger partial charge on any atom is -0.372 e. The molecule has 0 saturated carbocycles. The average molecular weight is 446 g/mol. The number of carbonyl (C=O) groups excluding carboxylic acids is 1. The van der Waals surface area contributed by atoms with Crippen LogP contribution in [0.4, 0.5) is 11.5 Å². The number of aromatic nitrogens is 2. The van der Waals surface area contributed by atoms with Crippen LogP contribution in [-0.4, -0.2) is 55.5 Å². The van der Waals surface area contributed by atoms with E-state index < -0.39 is 10.0 Å². The summed E-state index contributed by atoms with van der Waals surface area (Å²) in [5.41, 5.74) is 1.82. The van der Waals surface area contributed by atoms with Crippen molar-refractivity contribution in [1.82, 2.24) is 14.3 Å². The monoisotopic (exact) mass is 445 g/mol. The Morgan fingerprint density at radius 3 is 2.57 bits per heavy atom. The van der Waals surface area contributed by atoms with Crippen molar-refractivity contribution in [3.8, 4) is 0 Å². The third kappa shape index (κ3) is 4.72. The van der Waals surface area contributed by atoms with Crippen LogP contribution in [0.5, 0.6) is 0 Å². The molecule has 0 unspecified atom stereocenters. The lowest BCUT2D eigenvalue weighted by molar-refractivity contribution is -0.113. The first-order chi connectivity index (χ1) is 14.2. The number of nitrogens with zero attached hydrogens (tertiary/aromatic N) is 3. The smallest absolute Gasteiger partial charge is 0.242 e. The van der Waals surface area contributed by atoms with Crippen molar-refractivity contribution in [3.63, 3.8) is 0 Å². The summed E-state index contributed by atoms with van der Waals surface area (Å²) < 4.78 is 26.1. The minimum absolute atomic E-state index is 0.0884. The number of para-hydroxylation sites is 1. The van der Waals surface area contributed by atoms with Gasteiger partial charge in [0.2, 0.25) is 15.9 Å². The number of thioether (sulfide) groups is 1. The van der Waals surface area contributed by atoms with Gasteiger partial charge in [0.05, 0.1) is 16.2 Å². The second kappa shape index (κ2) is 8.99. The third-order valence-corrected chi connectivity index (χ3v) is 7.19. The van der Waals surface area contributed by atoms with Crippen LogP contribution in [0.25, 0.3) is 10.9 Å². The van der Waals surface area contributed by atoms with Crippen molar-refractivity contribution in [2.45, 2.75) is 17.0 Å². The van der Waals surface area contributed by atoms with Crippen LogP contribution >= 0.6 is 11.8 Å². The summed E-state index contributed by atoms with van der Waals surface area (Å²) in [6.45, 7) is 1.72. The van der Waals surface area contributed by atoms with Crippen LogP contribution < -0.4 is 10.6 Å². The summed E-state index contributed by atoms with van der Waals surface area (Å²) in [6, 6.07) is 12.5. The third-order valence-electron chi connectivity index (χ3n) is 4.38. The van der Waals surface area contributed by atoms with E-state index in [4.69, 9.17) is 0 Å². The molecule has 1 aromatic heterocycles. The molecule has 0 aliphatic heterocycles. The summed E-state index contributed by atoms with van der Waals surface area (Å²) in [5, 5.41) is 7.17. The lowest BCUT2D eigenvalue weighted by Gasteiger charge is -2.15. The fourth-order valence-corrected chi connectivity index (χ4v) is 4.59. The highest BCUT2D eigenvalue weighted by atomic mass is 32.2. The van der Waals surface area contributed by atoms with Crippen LogP contribution in [0.15, 0.2) is 52.5 Å². The second-order valence-corrected chi connectivity index (χ2v) is 9.79. The highest BCUT2D eigenvalue weighted by Gasteiger charge is 2.20. The number of carbonyl (C=O) groups is 1. The molecule has 30 heavy (non-hydrogen) atoms. The fraction of sp³-hybridized carbons (Fsp3) is 0.250. The zero-order valence-electron chi connectivity index (χ0n) is 17.1. The van der Waals surface area contributed by atoms with E-state index in [1.807, 2.05) is 24.3 Å². The summed E-state index contributed by atoms with van der Waals surface area (Å²) in [6.07, 6.45) is 0. The van der Waals surface area contributed by atoms with E-state index in [1.165, 1.54) is 31.9 Å². The van der Waals surface area contributed by atoms with Crippen LogP contribution in [0, 0.1) is 6.92 Å². The predicted molar refractivity (Wildman–Crippen MR) is 120 cm³/mol. The lowest BCUT2D eigenvalue weighted by Crippen LogP contribution is -2.23. The molecule has 0 saturated heterocycles. The molecule has 8 nitrogen and oxygen atoms in total. The Bertz CT molecular complexity index is 1200. The van der Waals surface area contributed by atoms with Gasteiger partial charge >= 0.3 is 0 Å². The van der Waals surface area contributed by atoms with E-state index >= 15 is 0 Å². The van der Waals surface area contributed by atoms with E-state index in [-0.39, 0.29) is 16.6 Å². The normalized spacial score (nSPS) is 11.6. The number of sulfonamides is 1. The molecule has 0 aliphatic rings. The standard InChI is InChI=1S/C20H23N5O3S2/c1-13-9-10-14(11-17(13)30(27,28)25(3)4)22-18(26)12-29-20-23-16-8-6-5-7-15(16)19(21-2)24-20/h5-11H,12H2,1-4H3,(H,22,26)(H,21,23,24). The highest BCUT2D eigenvalue weighted by molar-refractivity contribution is 7.99. The fourth-order valence-electron chi connectivity index (χ4n) is 2.79. The predicted octanol–water partition coefficient (Wildman–Crippen LogP) is 2.96. The number of rotatable bonds is 7. The van der Waals surface area contributed by atoms with Crippen molar-refractivity contribution in [2.75, 3.05) is 37.5 Å². The maximum atomic E-state index is 12.5. The first kappa shape index (κ1) is 22.0. The molecule has 0 radical (unpaired) electrons. The molecule has 2 N–H and O–H groups in total. The number of nitrogens with one attached hydrogen (secondary N) is 2. The van der Waals surface area contributed by atoms with E-state index in [1.54, 1.807) is 26.1 Å². The molecule has 0 atom stereocenters. The number of fused-ring (bicyclic) bond motifs is 1. The zero-order chi connectivity index (χ0) is 21.9. The molecule has 0 aliphatic carbocycles. The van der Waals surface area contributed by atoms with Gasteiger partial charge in [-0.3, -0.25) is 4.79 Å².